The van der Waals surface area contributed by atoms with Crippen molar-refractivity contribution in [2.75, 3.05) is 7.11 Å². The molecular weight excluding hydrogens is 230 g/mol. The molecule has 16 heavy (non-hydrogen) atoms. The predicted octanol–water partition coefficient (Wildman–Crippen LogP) is 2.60. The van der Waals surface area contributed by atoms with Crippen LogP contribution in [0.4, 0.5) is 0 Å². The van der Waals surface area contributed by atoms with E-state index in [-0.39, 0.29) is 10.7 Å². The lowest BCUT2D eigenvalue weighted by Crippen LogP contribution is -2.02. The summed E-state index contributed by atoms with van der Waals surface area (Å²) in [5.74, 6) is -0.630. The van der Waals surface area contributed by atoms with E-state index in [4.69, 9.17) is 21.4 Å². The van der Waals surface area contributed by atoms with E-state index in [2.05, 4.69) is 4.98 Å². The predicted molar refractivity (Wildman–Crippen MR) is 60.3 cm³/mol. The molecule has 1 N–H and O–H groups in total. The first kappa shape index (κ1) is 10.7. The molecular formula is C11H8ClNO3. The Kier molecular flexibility index (Phi) is 2.66. The first-order chi connectivity index (χ1) is 7.63. The number of fused-ring (bicyclic) bond motifs is 1. The minimum Gasteiger partial charge on any atom is -0.494 e. The first-order valence-corrected chi connectivity index (χ1v) is 4.88. The molecule has 1 aromatic carbocycles. The number of methoxy groups -OCH3 is 1. The van der Waals surface area contributed by atoms with Crippen LogP contribution in [0.2, 0.25) is 5.02 Å². The van der Waals surface area contributed by atoms with E-state index in [1.807, 2.05) is 0 Å². The van der Waals surface area contributed by atoms with Crippen molar-refractivity contribution in [3.05, 3.63) is 35.0 Å². The van der Waals surface area contributed by atoms with Crippen molar-refractivity contribution in [3.8, 4) is 5.75 Å². The lowest BCUT2D eigenvalue weighted by molar-refractivity contribution is 0.0691. The number of para-hydroxylation sites is 1. The summed E-state index contributed by atoms with van der Waals surface area (Å²) in [4.78, 5) is 14.9. The Morgan fingerprint density at radius 3 is 2.88 bits per heavy atom. The van der Waals surface area contributed by atoms with Gasteiger partial charge in [-0.15, -0.1) is 0 Å². The van der Waals surface area contributed by atoms with E-state index in [0.29, 0.717) is 11.3 Å². The summed E-state index contributed by atoms with van der Waals surface area (Å²) in [5.41, 5.74) is 0.325. The van der Waals surface area contributed by atoms with Gasteiger partial charge in [-0.05, 0) is 12.1 Å². The normalized spacial score (nSPS) is 10.4. The number of rotatable bonds is 2. The average molecular weight is 238 g/mol. The number of halogens is 1. The van der Waals surface area contributed by atoms with E-state index in [0.717, 1.165) is 5.39 Å². The molecule has 0 atom stereocenters. The maximum absolute atomic E-state index is 10.9. The van der Waals surface area contributed by atoms with Crippen LogP contribution in [0.5, 0.6) is 5.75 Å². The number of benzene rings is 1. The molecule has 0 spiro atoms. The van der Waals surface area contributed by atoms with Gasteiger partial charge in [0.2, 0.25) is 0 Å². The van der Waals surface area contributed by atoms with Crippen LogP contribution in [0.15, 0.2) is 24.3 Å². The van der Waals surface area contributed by atoms with Crippen molar-refractivity contribution in [1.82, 2.24) is 4.98 Å². The lowest BCUT2D eigenvalue weighted by Gasteiger charge is -2.06. The quantitative estimate of drug-likeness (QED) is 0.872. The highest BCUT2D eigenvalue weighted by molar-refractivity contribution is 6.33. The topological polar surface area (TPSA) is 59.4 Å². The molecule has 0 amide bonds. The van der Waals surface area contributed by atoms with Crippen molar-refractivity contribution in [2.45, 2.75) is 0 Å². The van der Waals surface area contributed by atoms with Crippen LogP contribution < -0.4 is 4.74 Å². The summed E-state index contributed by atoms with van der Waals surface area (Å²) in [6.45, 7) is 0. The lowest BCUT2D eigenvalue weighted by atomic mass is 10.2. The van der Waals surface area contributed by atoms with Crippen molar-refractivity contribution in [3.63, 3.8) is 0 Å². The number of hydrogen-bond acceptors (Lipinski definition) is 3. The highest BCUT2D eigenvalue weighted by Crippen LogP contribution is 2.27. The second kappa shape index (κ2) is 3.98. The zero-order chi connectivity index (χ0) is 11.7. The number of pyridine rings is 1. The van der Waals surface area contributed by atoms with Gasteiger partial charge in [0.1, 0.15) is 11.3 Å². The molecule has 1 aromatic heterocycles. The molecule has 0 saturated carbocycles. The van der Waals surface area contributed by atoms with Gasteiger partial charge in [-0.3, -0.25) is 0 Å². The highest BCUT2D eigenvalue weighted by Gasteiger charge is 2.13. The zero-order valence-corrected chi connectivity index (χ0v) is 9.15. The van der Waals surface area contributed by atoms with Crippen LogP contribution in [0.1, 0.15) is 10.5 Å². The maximum atomic E-state index is 10.9. The van der Waals surface area contributed by atoms with Crippen molar-refractivity contribution >= 4 is 28.5 Å². The van der Waals surface area contributed by atoms with Gasteiger partial charge in [0.05, 0.1) is 12.1 Å². The van der Waals surface area contributed by atoms with Crippen molar-refractivity contribution < 1.29 is 14.6 Å². The number of carbonyl (C=O) groups is 1. The molecule has 2 rings (SSSR count). The standard InChI is InChI=1S/C11H8ClNO3/c1-16-8-4-2-3-6-5-7(12)10(11(14)15)13-9(6)8/h2-5H,1H3,(H,14,15). The SMILES string of the molecule is COc1cccc2cc(Cl)c(C(=O)O)nc12. The molecule has 4 nitrogen and oxygen atoms in total. The van der Waals surface area contributed by atoms with Gasteiger partial charge in [-0.1, -0.05) is 23.7 Å². The Balaban J connectivity index is 2.80. The van der Waals surface area contributed by atoms with Crippen LogP contribution in [0, 0.1) is 0 Å². The number of hydrogen-bond donors (Lipinski definition) is 1. The summed E-state index contributed by atoms with van der Waals surface area (Å²) in [6.07, 6.45) is 0. The number of carboxylic acids is 1. The summed E-state index contributed by atoms with van der Waals surface area (Å²) in [6, 6.07) is 6.87. The summed E-state index contributed by atoms with van der Waals surface area (Å²) in [5, 5.41) is 9.76. The van der Waals surface area contributed by atoms with Crippen LogP contribution in [-0.2, 0) is 0 Å². The Morgan fingerprint density at radius 1 is 1.50 bits per heavy atom. The largest absolute Gasteiger partial charge is 0.494 e. The van der Waals surface area contributed by atoms with Gasteiger partial charge in [0.25, 0.3) is 0 Å². The van der Waals surface area contributed by atoms with Crippen LogP contribution in [-0.4, -0.2) is 23.2 Å². The Bertz CT molecular complexity index is 568. The van der Waals surface area contributed by atoms with Crippen LogP contribution in [0.25, 0.3) is 10.9 Å². The fraction of sp³-hybridized carbons (Fsp3) is 0.0909. The van der Waals surface area contributed by atoms with Crippen LogP contribution in [0.3, 0.4) is 0 Å². The second-order valence-corrected chi connectivity index (χ2v) is 3.56. The first-order valence-electron chi connectivity index (χ1n) is 4.50. The third-order valence-electron chi connectivity index (χ3n) is 2.18. The number of nitrogens with zero attached hydrogens (tertiary/aromatic N) is 1. The number of ether oxygens (including phenoxy) is 1. The Morgan fingerprint density at radius 2 is 2.25 bits per heavy atom. The van der Waals surface area contributed by atoms with Gasteiger partial charge in [0, 0.05) is 5.39 Å². The van der Waals surface area contributed by atoms with E-state index in [1.54, 1.807) is 24.3 Å². The smallest absolute Gasteiger partial charge is 0.356 e. The summed E-state index contributed by atoms with van der Waals surface area (Å²) >= 11 is 5.81. The third-order valence-corrected chi connectivity index (χ3v) is 2.47. The Hall–Kier alpha value is -1.81. The molecule has 0 aliphatic rings. The Labute approximate surface area is 96.4 Å². The molecule has 5 heteroatoms. The monoisotopic (exact) mass is 237 g/mol. The van der Waals surface area contributed by atoms with E-state index in [9.17, 15) is 4.79 Å². The minimum atomic E-state index is -1.15. The molecule has 1 heterocycles. The van der Waals surface area contributed by atoms with E-state index >= 15 is 0 Å². The number of carboxylic acid groups (broad SMARTS) is 1. The number of aromatic carboxylic acids is 1. The molecule has 0 bridgehead atoms. The maximum Gasteiger partial charge on any atom is 0.356 e. The van der Waals surface area contributed by atoms with E-state index in [1.165, 1.54) is 7.11 Å². The molecule has 0 radical (unpaired) electrons. The van der Waals surface area contributed by atoms with E-state index < -0.39 is 5.97 Å². The van der Waals surface area contributed by atoms with Gasteiger partial charge >= 0.3 is 5.97 Å². The molecule has 82 valence electrons. The third kappa shape index (κ3) is 1.67. The average Bonchev–Trinajstić information content (AvgIpc) is 2.26. The summed E-state index contributed by atoms with van der Waals surface area (Å²) < 4.78 is 5.10. The van der Waals surface area contributed by atoms with Gasteiger partial charge in [-0.2, -0.15) is 0 Å². The molecule has 2 aromatic rings. The van der Waals surface area contributed by atoms with Gasteiger partial charge in [-0.25, -0.2) is 9.78 Å². The highest BCUT2D eigenvalue weighted by atomic mass is 35.5. The number of aromatic nitrogens is 1. The van der Waals surface area contributed by atoms with Crippen molar-refractivity contribution in [2.24, 2.45) is 0 Å². The summed E-state index contributed by atoms with van der Waals surface area (Å²) in [7, 11) is 1.51. The molecule has 0 aliphatic heterocycles. The fourth-order valence-electron chi connectivity index (χ4n) is 1.46. The molecule has 0 unspecified atom stereocenters. The molecule has 0 saturated heterocycles. The zero-order valence-electron chi connectivity index (χ0n) is 8.40. The second-order valence-electron chi connectivity index (χ2n) is 3.16. The van der Waals surface area contributed by atoms with Crippen LogP contribution >= 0.6 is 11.6 Å². The molecule has 0 aliphatic carbocycles. The van der Waals surface area contributed by atoms with Gasteiger partial charge in [0.15, 0.2) is 5.69 Å². The molecule has 0 fully saturated rings. The fourth-order valence-corrected chi connectivity index (χ4v) is 1.70. The van der Waals surface area contributed by atoms with Gasteiger partial charge < -0.3 is 9.84 Å². The van der Waals surface area contributed by atoms with Crippen molar-refractivity contribution in [1.29, 1.82) is 0 Å². The minimum absolute atomic E-state index is 0.119.